The minimum absolute atomic E-state index is 0.188. The van der Waals surface area contributed by atoms with Crippen LogP contribution in [0.25, 0.3) is 10.9 Å². The average Bonchev–Trinajstić information content (AvgIpc) is 3.41. The fourth-order valence-corrected chi connectivity index (χ4v) is 3.79. The number of anilines is 2. The number of aromatic nitrogens is 1. The van der Waals surface area contributed by atoms with Crippen molar-refractivity contribution in [3.05, 3.63) is 45.8 Å². The molecule has 0 bridgehead atoms. The first-order valence-corrected chi connectivity index (χ1v) is 8.60. The summed E-state index contributed by atoms with van der Waals surface area (Å²) in [5, 5.41) is 9.79. The van der Waals surface area contributed by atoms with Crippen LogP contribution >= 0.6 is 0 Å². The van der Waals surface area contributed by atoms with E-state index in [1.165, 1.54) is 6.20 Å². The lowest BCUT2D eigenvalue weighted by Crippen LogP contribution is -2.29. The Morgan fingerprint density at radius 3 is 2.68 bits per heavy atom. The van der Waals surface area contributed by atoms with Crippen LogP contribution in [-0.2, 0) is 0 Å². The van der Waals surface area contributed by atoms with Crippen LogP contribution in [0, 0.1) is 6.92 Å². The van der Waals surface area contributed by atoms with Crippen LogP contribution in [0.4, 0.5) is 11.4 Å². The fourth-order valence-electron chi connectivity index (χ4n) is 3.79. The molecule has 3 N–H and O–H groups in total. The van der Waals surface area contributed by atoms with E-state index in [9.17, 15) is 14.7 Å². The molecule has 130 valence electrons. The van der Waals surface area contributed by atoms with Gasteiger partial charge in [0.25, 0.3) is 0 Å². The molecule has 6 nitrogen and oxygen atoms in total. The second-order valence-corrected chi connectivity index (χ2v) is 6.86. The Morgan fingerprint density at radius 1 is 1.32 bits per heavy atom. The number of nitrogen functional groups attached to an aromatic ring is 1. The number of nitrogens with two attached hydrogens (primary N) is 1. The van der Waals surface area contributed by atoms with E-state index >= 15 is 0 Å². The third-order valence-corrected chi connectivity index (χ3v) is 5.10. The van der Waals surface area contributed by atoms with Gasteiger partial charge in [0.15, 0.2) is 0 Å². The molecular weight excluding hydrogens is 318 g/mol. The number of rotatable bonds is 3. The Labute approximate surface area is 145 Å². The van der Waals surface area contributed by atoms with Crippen LogP contribution < -0.4 is 16.1 Å². The molecule has 2 aromatic rings. The maximum Gasteiger partial charge on any atom is 0.341 e. The number of aromatic carboxylic acids is 1. The van der Waals surface area contributed by atoms with Gasteiger partial charge in [-0.05, 0) is 37.8 Å². The first-order valence-electron chi connectivity index (χ1n) is 8.60. The Bertz CT molecular complexity index is 970. The van der Waals surface area contributed by atoms with E-state index in [2.05, 4.69) is 17.1 Å². The third kappa shape index (κ3) is 2.49. The predicted molar refractivity (Wildman–Crippen MR) is 98.6 cm³/mol. The Hall–Kier alpha value is -2.76. The van der Waals surface area contributed by atoms with E-state index in [4.69, 9.17) is 5.73 Å². The molecule has 1 aromatic heterocycles. The lowest BCUT2D eigenvalue weighted by atomic mass is 10.0. The topological polar surface area (TPSA) is 88.6 Å². The van der Waals surface area contributed by atoms with Crippen molar-refractivity contribution in [1.82, 2.24) is 4.57 Å². The number of nitrogens with zero attached hydrogens (tertiary/aromatic N) is 2. The van der Waals surface area contributed by atoms with Gasteiger partial charge in [-0.3, -0.25) is 4.79 Å². The van der Waals surface area contributed by atoms with E-state index in [0.717, 1.165) is 49.1 Å². The normalized spacial score (nSPS) is 17.2. The fraction of sp³-hybridized carbons (Fsp3) is 0.368. The summed E-state index contributed by atoms with van der Waals surface area (Å²) in [5.74, 6) is -1.19. The van der Waals surface area contributed by atoms with E-state index in [0.29, 0.717) is 11.1 Å². The van der Waals surface area contributed by atoms with Crippen molar-refractivity contribution in [2.75, 3.05) is 23.7 Å². The SMILES string of the molecule is Cc1c(N2CC=CCC2)c(N)cc2c(=O)c(C(=O)O)cn(C3CC3)c12. The van der Waals surface area contributed by atoms with Crippen molar-refractivity contribution in [2.45, 2.75) is 32.2 Å². The molecular formula is C19H21N3O3. The van der Waals surface area contributed by atoms with Gasteiger partial charge in [0.2, 0.25) is 5.43 Å². The standard InChI is InChI=1S/C19H21N3O3/c1-11-16-13(9-15(20)17(11)21-7-3-2-4-8-21)18(23)14(19(24)25)10-22(16)12-5-6-12/h2-3,9-10,12H,4-8,20H2,1H3,(H,24,25). The lowest BCUT2D eigenvalue weighted by Gasteiger charge is -2.30. The summed E-state index contributed by atoms with van der Waals surface area (Å²) in [7, 11) is 0. The highest BCUT2D eigenvalue weighted by molar-refractivity contribution is 5.98. The van der Waals surface area contributed by atoms with E-state index in [-0.39, 0.29) is 11.6 Å². The minimum Gasteiger partial charge on any atom is -0.477 e. The van der Waals surface area contributed by atoms with Crippen LogP contribution in [0.5, 0.6) is 0 Å². The average molecular weight is 339 g/mol. The van der Waals surface area contributed by atoms with Gasteiger partial charge in [-0.2, -0.15) is 0 Å². The van der Waals surface area contributed by atoms with Crippen LogP contribution in [0.1, 0.15) is 41.2 Å². The zero-order chi connectivity index (χ0) is 17.7. The molecule has 0 amide bonds. The molecule has 4 rings (SSSR count). The van der Waals surface area contributed by atoms with Crippen molar-refractivity contribution in [1.29, 1.82) is 0 Å². The molecule has 0 saturated heterocycles. The van der Waals surface area contributed by atoms with Gasteiger partial charge >= 0.3 is 5.97 Å². The minimum atomic E-state index is -1.19. The first-order chi connectivity index (χ1) is 12.0. The lowest BCUT2D eigenvalue weighted by molar-refractivity contribution is 0.0695. The molecule has 2 heterocycles. The molecule has 0 atom stereocenters. The van der Waals surface area contributed by atoms with Crippen molar-refractivity contribution in [3.63, 3.8) is 0 Å². The Morgan fingerprint density at radius 2 is 2.08 bits per heavy atom. The van der Waals surface area contributed by atoms with Gasteiger partial charge in [0.05, 0.1) is 16.9 Å². The highest BCUT2D eigenvalue weighted by atomic mass is 16.4. The van der Waals surface area contributed by atoms with E-state index < -0.39 is 11.4 Å². The van der Waals surface area contributed by atoms with Gasteiger partial charge in [0.1, 0.15) is 5.56 Å². The number of aryl methyl sites for hydroxylation is 1. The maximum atomic E-state index is 12.7. The van der Waals surface area contributed by atoms with E-state index in [1.807, 2.05) is 11.5 Å². The summed E-state index contributed by atoms with van der Waals surface area (Å²) in [6, 6.07) is 1.92. The van der Waals surface area contributed by atoms with Gasteiger partial charge in [-0.15, -0.1) is 0 Å². The smallest absolute Gasteiger partial charge is 0.341 e. The second kappa shape index (κ2) is 5.65. The number of benzene rings is 1. The first kappa shape index (κ1) is 15.7. The molecule has 2 aliphatic rings. The summed E-state index contributed by atoms with van der Waals surface area (Å²) in [6.07, 6.45) is 8.75. The molecule has 0 unspecified atom stereocenters. The highest BCUT2D eigenvalue weighted by Gasteiger charge is 2.29. The molecule has 1 aliphatic carbocycles. The largest absolute Gasteiger partial charge is 0.477 e. The molecule has 1 saturated carbocycles. The Balaban J connectivity index is 2.04. The number of carbonyl (C=O) groups is 1. The summed E-state index contributed by atoms with van der Waals surface area (Å²) < 4.78 is 1.97. The van der Waals surface area contributed by atoms with Crippen LogP contribution in [-0.4, -0.2) is 28.7 Å². The van der Waals surface area contributed by atoms with Crippen molar-refractivity contribution < 1.29 is 9.90 Å². The summed E-state index contributed by atoms with van der Waals surface area (Å²) in [6.45, 7) is 3.65. The Kier molecular flexibility index (Phi) is 3.56. The van der Waals surface area contributed by atoms with Gasteiger partial charge < -0.3 is 20.3 Å². The van der Waals surface area contributed by atoms with E-state index in [1.54, 1.807) is 6.07 Å². The van der Waals surface area contributed by atoms with Gasteiger partial charge in [0, 0.05) is 30.7 Å². The van der Waals surface area contributed by atoms with Crippen molar-refractivity contribution >= 4 is 28.2 Å². The molecule has 1 aliphatic heterocycles. The molecule has 0 radical (unpaired) electrons. The quantitative estimate of drug-likeness (QED) is 0.663. The number of hydrogen-bond acceptors (Lipinski definition) is 4. The number of carboxylic acid groups (broad SMARTS) is 1. The van der Waals surface area contributed by atoms with Crippen LogP contribution in [0.2, 0.25) is 0 Å². The molecule has 0 spiro atoms. The van der Waals surface area contributed by atoms with Crippen molar-refractivity contribution in [3.8, 4) is 0 Å². The molecule has 1 fully saturated rings. The third-order valence-electron chi connectivity index (χ3n) is 5.10. The van der Waals surface area contributed by atoms with Crippen LogP contribution in [0.3, 0.4) is 0 Å². The number of hydrogen-bond donors (Lipinski definition) is 2. The number of fused-ring (bicyclic) bond motifs is 1. The number of pyridine rings is 1. The highest BCUT2D eigenvalue weighted by Crippen LogP contribution is 2.41. The second-order valence-electron chi connectivity index (χ2n) is 6.86. The predicted octanol–water partition coefficient (Wildman–Crippen LogP) is 2.69. The van der Waals surface area contributed by atoms with Crippen molar-refractivity contribution in [2.24, 2.45) is 0 Å². The van der Waals surface area contributed by atoms with Gasteiger partial charge in [-0.1, -0.05) is 12.2 Å². The van der Waals surface area contributed by atoms with Gasteiger partial charge in [-0.25, -0.2) is 4.79 Å². The summed E-state index contributed by atoms with van der Waals surface area (Å²) in [5.41, 5.74) is 8.90. The molecule has 25 heavy (non-hydrogen) atoms. The zero-order valence-electron chi connectivity index (χ0n) is 14.2. The molecule has 1 aromatic carbocycles. The number of carboxylic acids is 1. The zero-order valence-corrected chi connectivity index (χ0v) is 14.2. The summed E-state index contributed by atoms with van der Waals surface area (Å²) >= 11 is 0. The maximum absolute atomic E-state index is 12.7. The molecule has 6 heteroatoms. The summed E-state index contributed by atoms with van der Waals surface area (Å²) in [4.78, 5) is 26.4. The monoisotopic (exact) mass is 339 g/mol. The van der Waals surface area contributed by atoms with Crippen LogP contribution in [0.15, 0.2) is 29.2 Å².